The predicted octanol–water partition coefficient (Wildman–Crippen LogP) is 3.91. The van der Waals surface area contributed by atoms with Gasteiger partial charge in [-0.05, 0) is 29.8 Å². The third-order valence-electron chi connectivity index (χ3n) is 4.38. The van der Waals surface area contributed by atoms with Crippen LogP contribution in [0, 0.1) is 5.82 Å². The molecule has 0 fully saturated rings. The van der Waals surface area contributed by atoms with Gasteiger partial charge >= 0.3 is 0 Å². The van der Waals surface area contributed by atoms with Crippen molar-refractivity contribution in [1.82, 2.24) is 9.55 Å². The fourth-order valence-electron chi connectivity index (χ4n) is 2.98. The lowest BCUT2D eigenvalue weighted by molar-refractivity contribution is -0.116. The summed E-state index contributed by atoms with van der Waals surface area (Å²) in [6, 6.07) is 12.9. The Bertz CT molecular complexity index is 1250. The van der Waals surface area contributed by atoms with Crippen molar-refractivity contribution in [3.63, 3.8) is 0 Å². The zero-order valence-corrected chi connectivity index (χ0v) is 16.2. The molecule has 2 aromatic carbocycles. The highest BCUT2D eigenvalue weighted by Crippen LogP contribution is 2.30. The van der Waals surface area contributed by atoms with Crippen molar-refractivity contribution in [2.75, 3.05) is 12.4 Å². The number of aromatic nitrogens is 2. The molecule has 0 aliphatic heterocycles. The average Bonchev–Trinajstić information content (AvgIpc) is 3.16. The van der Waals surface area contributed by atoms with Crippen LogP contribution in [-0.2, 0) is 11.3 Å². The van der Waals surface area contributed by atoms with Crippen molar-refractivity contribution >= 4 is 33.1 Å². The summed E-state index contributed by atoms with van der Waals surface area (Å²) < 4.78 is 19.6. The van der Waals surface area contributed by atoms with Crippen LogP contribution >= 0.6 is 11.3 Å². The maximum absolute atomic E-state index is 13.2. The SMILES string of the molecule is COc1cccc(NC(=O)Cn2cnc3scc(-c4ccc(F)cc4)c3c2=O)c1. The fraction of sp³-hybridized carbons (Fsp3) is 0.0952. The van der Waals surface area contributed by atoms with Crippen LogP contribution < -0.4 is 15.6 Å². The Morgan fingerprint density at radius 3 is 2.79 bits per heavy atom. The molecule has 2 aromatic heterocycles. The van der Waals surface area contributed by atoms with E-state index < -0.39 is 0 Å². The van der Waals surface area contributed by atoms with Crippen LogP contribution in [0.4, 0.5) is 10.1 Å². The highest BCUT2D eigenvalue weighted by atomic mass is 32.1. The maximum Gasteiger partial charge on any atom is 0.263 e. The smallest absolute Gasteiger partial charge is 0.263 e. The topological polar surface area (TPSA) is 73.2 Å². The van der Waals surface area contributed by atoms with Crippen molar-refractivity contribution in [3.8, 4) is 16.9 Å². The van der Waals surface area contributed by atoms with Gasteiger partial charge in [0.2, 0.25) is 5.91 Å². The lowest BCUT2D eigenvalue weighted by atomic mass is 10.1. The first kappa shape index (κ1) is 18.8. The molecule has 0 saturated carbocycles. The number of nitrogens with one attached hydrogen (secondary N) is 1. The molecule has 0 aliphatic rings. The summed E-state index contributed by atoms with van der Waals surface area (Å²) in [6.07, 6.45) is 1.36. The van der Waals surface area contributed by atoms with Crippen LogP contribution in [0.1, 0.15) is 0 Å². The van der Waals surface area contributed by atoms with E-state index in [1.165, 1.54) is 34.4 Å². The fourth-order valence-corrected chi connectivity index (χ4v) is 3.88. The zero-order valence-electron chi connectivity index (χ0n) is 15.4. The molecule has 1 N–H and O–H groups in total. The number of amides is 1. The summed E-state index contributed by atoms with van der Waals surface area (Å²) >= 11 is 1.33. The lowest BCUT2D eigenvalue weighted by Crippen LogP contribution is -2.27. The second kappa shape index (κ2) is 7.84. The molecule has 8 heteroatoms. The van der Waals surface area contributed by atoms with Gasteiger partial charge in [0.05, 0.1) is 18.8 Å². The van der Waals surface area contributed by atoms with E-state index >= 15 is 0 Å². The molecule has 4 aromatic rings. The Hall–Kier alpha value is -3.52. The van der Waals surface area contributed by atoms with Gasteiger partial charge in [-0.1, -0.05) is 18.2 Å². The van der Waals surface area contributed by atoms with Crippen LogP contribution in [-0.4, -0.2) is 22.6 Å². The predicted molar refractivity (Wildman–Crippen MR) is 111 cm³/mol. The van der Waals surface area contributed by atoms with Gasteiger partial charge in [0.1, 0.15) is 22.9 Å². The standard InChI is InChI=1S/C21H16FN3O3S/c1-28-16-4-2-3-15(9-16)24-18(26)10-25-12-23-20-19(21(25)27)17(11-29-20)13-5-7-14(22)8-6-13/h2-9,11-12H,10H2,1H3,(H,24,26). The molecule has 0 aliphatic carbocycles. The number of ether oxygens (including phenoxy) is 1. The second-order valence-corrected chi connectivity index (χ2v) is 7.15. The Balaban J connectivity index is 1.63. The number of anilines is 1. The summed E-state index contributed by atoms with van der Waals surface area (Å²) in [5.41, 5.74) is 1.63. The number of rotatable bonds is 5. The number of hydrogen-bond donors (Lipinski definition) is 1. The average molecular weight is 409 g/mol. The highest BCUT2D eigenvalue weighted by Gasteiger charge is 2.15. The maximum atomic E-state index is 13.2. The van der Waals surface area contributed by atoms with Crippen LogP contribution in [0.5, 0.6) is 5.75 Å². The van der Waals surface area contributed by atoms with Gasteiger partial charge in [0.15, 0.2) is 0 Å². The van der Waals surface area contributed by atoms with Gasteiger partial charge in [0, 0.05) is 22.7 Å². The lowest BCUT2D eigenvalue weighted by Gasteiger charge is -2.09. The third kappa shape index (κ3) is 3.88. The molecular formula is C21H16FN3O3S. The normalized spacial score (nSPS) is 10.8. The first-order chi connectivity index (χ1) is 14.0. The molecule has 0 radical (unpaired) electrons. The molecule has 0 atom stereocenters. The summed E-state index contributed by atoms with van der Waals surface area (Å²) in [6.45, 7) is -0.183. The molecule has 2 heterocycles. The molecule has 146 valence electrons. The van der Waals surface area contributed by atoms with Gasteiger partial charge in [-0.25, -0.2) is 9.37 Å². The minimum absolute atomic E-state index is 0.183. The first-order valence-electron chi connectivity index (χ1n) is 8.71. The van der Waals surface area contributed by atoms with Crippen molar-refractivity contribution in [3.05, 3.63) is 76.4 Å². The van der Waals surface area contributed by atoms with E-state index in [1.54, 1.807) is 43.5 Å². The number of halogens is 1. The quantitative estimate of drug-likeness (QED) is 0.542. The Kier molecular flexibility index (Phi) is 5.09. The van der Waals surface area contributed by atoms with E-state index in [0.717, 1.165) is 5.56 Å². The third-order valence-corrected chi connectivity index (χ3v) is 5.27. The molecular weight excluding hydrogens is 393 g/mol. The van der Waals surface area contributed by atoms with E-state index in [-0.39, 0.29) is 23.8 Å². The Labute approximate surface area is 169 Å². The molecule has 0 saturated heterocycles. The summed E-state index contributed by atoms with van der Waals surface area (Å²) in [4.78, 5) is 30.3. The van der Waals surface area contributed by atoms with Crippen molar-refractivity contribution in [1.29, 1.82) is 0 Å². The van der Waals surface area contributed by atoms with Crippen molar-refractivity contribution < 1.29 is 13.9 Å². The van der Waals surface area contributed by atoms with Crippen LogP contribution in [0.2, 0.25) is 0 Å². The molecule has 1 amide bonds. The zero-order chi connectivity index (χ0) is 20.4. The number of thiophene rings is 1. The number of carbonyl (C=O) groups excluding carboxylic acids is 1. The Morgan fingerprint density at radius 2 is 2.03 bits per heavy atom. The van der Waals surface area contributed by atoms with E-state index in [2.05, 4.69) is 10.3 Å². The van der Waals surface area contributed by atoms with E-state index in [4.69, 9.17) is 4.74 Å². The highest BCUT2D eigenvalue weighted by molar-refractivity contribution is 7.17. The molecule has 29 heavy (non-hydrogen) atoms. The molecule has 0 bridgehead atoms. The van der Waals surface area contributed by atoms with Gasteiger partial charge in [0.25, 0.3) is 5.56 Å². The summed E-state index contributed by atoms with van der Waals surface area (Å²) in [5, 5.41) is 4.97. The molecule has 6 nitrogen and oxygen atoms in total. The molecule has 0 unspecified atom stereocenters. The number of hydrogen-bond acceptors (Lipinski definition) is 5. The Morgan fingerprint density at radius 1 is 1.24 bits per heavy atom. The number of nitrogens with zero attached hydrogens (tertiary/aromatic N) is 2. The monoisotopic (exact) mass is 409 g/mol. The van der Waals surface area contributed by atoms with Gasteiger partial charge < -0.3 is 10.1 Å². The van der Waals surface area contributed by atoms with Gasteiger partial charge in [-0.3, -0.25) is 14.2 Å². The molecule has 0 spiro atoms. The minimum Gasteiger partial charge on any atom is -0.497 e. The first-order valence-corrected chi connectivity index (χ1v) is 9.59. The number of methoxy groups -OCH3 is 1. The molecule has 4 rings (SSSR count). The van der Waals surface area contributed by atoms with Crippen LogP contribution in [0.15, 0.2) is 65.0 Å². The van der Waals surface area contributed by atoms with E-state index in [9.17, 15) is 14.0 Å². The number of benzene rings is 2. The van der Waals surface area contributed by atoms with E-state index in [0.29, 0.717) is 27.2 Å². The number of carbonyl (C=O) groups is 1. The van der Waals surface area contributed by atoms with E-state index in [1.807, 2.05) is 5.38 Å². The van der Waals surface area contributed by atoms with Crippen molar-refractivity contribution in [2.45, 2.75) is 6.54 Å². The number of fused-ring (bicyclic) bond motifs is 1. The van der Waals surface area contributed by atoms with Gasteiger partial charge in [-0.15, -0.1) is 11.3 Å². The van der Waals surface area contributed by atoms with Crippen molar-refractivity contribution in [2.24, 2.45) is 0 Å². The largest absolute Gasteiger partial charge is 0.497 e. The van der Waals surface area contributed by atoms with Crippen LogP contribution in [0.3, 0.4) is 0 Å². The summed E-state index contributed by atoms with van der Waals surface area (Å²) in [5.74, 6) is -0.0941. The minimum atomic E-state index is -0.361. The van der Waals surface area contributed by atoms with Crippen LogP contribution in [0.25, 0.3) is 21.3 Å². The second-order valence-electron chi connectivity index (χ2n) is 6.29. The summed E-state index contributed by atoms with van der Waals surface area (Å²) in [7, 11) is 1.54. The van der Waals surface area contributed by atoms with Gasteiger partial charge in [-0.2, -0.15) is 0 Å².